The molecule has 0 amide bonds. The lowest BCUT2D eigenvalue weighted by atomic mass is 9.68. The normalized spacial score (nSPS) is 36.7. The maximum absolute atomic E-state index is 13.9. The summed E-state index contributed by atoms with van der Waals surface area (Å²) in [7, 11) is 4.89. The van der Waals surface area contributed by atoms with Crippen LogP contribution in [0.1, 0.15) is 115 Å². The number of carbonyl (C=O) groups is 4. The molecule has 3 aliphatic heterocycles. The highest BCUT2D eigenvalue weighted by molar-refractivity contribution is 6.30. The molecule has 0 saturated carbocycles. The molecule has 5 aliphatic rings. The van der Waals surface area contributed by atoms with Gasteiger partial charge in [-0.3, -0.25) is 19.2 Å². The Bertz CT molecular complexity index is 1920. The number of hydrogen-bond donors (Lipinski definition) is 4. The van der Waals surface area contributed by atoms with E-state index < -0.39 is 102 Å². The molecule has 16 heteroatoms. The monoisotopic (exact) mass is 797 g/mol. The van der Waals surface area contributed by atoms with Crippen molar-refractivity contribution in [3.05, 3.63) is 57.6 Å². The van der Waals surface area contributed by atoms with Crippen molar-refractivity contribution in [1.82, 2.24) is 4.90 Å². The first-order valence-electron chi connectivity index (χ1n) is 19.3. The van der Waals surface area contributed by atoms with Gasteiger partial charge in [0, 0.05) is 54.8 Å². The molecule has 310 valence electrons. The SMILES string of the molecule is COC(=O)[C@@H]1c2cc3c(c(O)c2[C@H](O[C@H]2C[C@H](N(C)C)[C@@H](O[C@H]4C[C@@H](O)[C@@H](O[C@H]5CCC(=O)[C@H](C)O5)[C@H](C)O4)[C@H](C)O2)C[C@]1(C)O)C(=O)c1c(O)cccc1C3=O. The van der Waals surface area contributed by atoms with E-state index in [1.165, 1.54) is 31.2 Å². The van der Waals surface area contributed by atoms with Crippen LogP contribution in [0.25, 0.3) is 0 Å². The van der Waals surface area contributed by atoms with Crippen LogP contribution in [-0.2, 0) is 42.7 Å². The number of rotatable bonds is 8. The number of phenolic OH excluding ortho intramolecular Hbond substituents is 2. The maximum atomic E-state index is 13.9. The van der Waals surface area contributed by atoms with Crippen LogP contribution in [0, 0.1) is 0 Å². The van der Waals surface area contributed by atoms with Crippen LogP contribution in [0.15, 0.2) is 24.3 Å². The van der Waals surface area contributed by atoms with E-state index in [4.69, 9.17) is 33.2 Å². The number of phenols is 2. The first-order chi connectivity index (χ1) is 26.9. The van der Waals surface area contributed by atoms with E-state index in [-0.39, 0.29) is 64.5 Å². The molecular formula is C41H51NO15. The quantitative estimate of drug-likeness (QED) is 0.241. The minimum atomic E-state index is -1.80. The van der Waals surface area contributed by atoms with E-state index in [0.717, 1.165) is 7.11 Å². The van der Waals surface area contributed by atoms with Gasteiger partial charge >= 0.3 is 5.97 Å². The Morgan fingerprint density at radius 3 is 2.19 bits per heavy atom. The lowest BCUT2D eigenvalue weighted by Crippen LogP contribution is -2.58. The van der Waals surface area contributed by atoms with Gasteiger partial charge in [0.05, 0.1) is 48.3 Å². The first-order valence-corrected chi connectivity index (χ1v) is 19.3. The Balaban J connectivity index is 1.12. The minimum Gasteiger partial charge on any atom is -0.507 e. The molecule has 2 aromatic rings. The lowest BCUT2D eigenvalue weighted by Gasteiger charge is -2.48. The molecule has 3 fully saturated rings. The van der Waals surface area contributed by atoms with Gasteiger partial charge in [0.1, 0.15) is 35.7 Å². The predicted molar refractivity (Wildman–Crippen MR) is 197 cm³/mol. The summed E-state index contributed by atoms with van der Waals surface area (Å²) in [6.45, 7) is 6.68. The van der Waals surface area contributed by atoms with Crippen molar-refractivity contribution in [3.8, 4) is 11.5 Å². The second-order valence-electron chi connectivity index (χ2n) is 16.2. The van der Waals surface area contributed by atoms with Gasteiger partial charge in [0.15, 0.2) is 30.4 Å². The summed E-state index contributed by atoms with van der Waals surface area (Å²) in [6.07, 6.45) is -6.74. The summed E-state index contributed by atoms with van der Waals surface area (Å²) in [6, 6.07) is 5.07. The molecule has 4 N–H and O–H groups in total. The summed E-state index contributed by atoms with van der Waals surface area (Å²) in [5.41, 5.74) is -2.58. The van der Waals surface area contributed by atoms with Crippen molar-refractivity contribution in [2.24, 2.45) is 0 Å². The van der Waals surface area contributed by atoms with E-state index in [1.807, 2.05) is 19.0 Å². The fourth-order valence-electron chi connectivity index (χ4n) is 9.06. The van der Waals surface area contributed by atoms with Crippen LogP contribution in [0.3, 0.4) is 0 Å². The molecule has 0 spiro atoms. The number of methoxy groups -OCH3 is 1. The fourth-order valence-corrected chi connectivity index (χ4v) is 9.06. The Hall–Kier alpha value is -3.84. The zero-order valence-electron chi connectivity index (χ0n) is 33.0. The summed E-state index contributed by atoms with van der Waals surface area (Å²) < 4.78 is 42.4. The van der Waals surface area contributed by atoms with Crippen LogP contribution in [-0.4, -0.2) is 137 Å². The van der Waals surface area contributed by atoms with Crippen molar-refractivity contribution in [3.63, 3.8) is 0 Å². The molecular weight excluding hydrogens is 746 g/mol. The fraction of sp³-hybridized carbons (Fsp3) is 0.610. The highest BCUT2D eigenvalue weighted by Crippen LogP contribution is 2.53. The molecule has 0 aromatic heterocycles. The van der Waals surface area contributed by atoms with E-state index >= 15 is 0 Å². The number of benzene rings is 2. The number of aliphatic hydroxyl groups is 2. The average molecular weight is 798 g/mol. The zero-order valence-corrected chi connectivity index (χ0v) is 33.0. The van der Waals surface area contributed by atoms with Crippen LogP contribution in [0.2, 0.25) is 0 Å². The Kier molecular flexibility index (Phi) is 11.4. The minimum absolute atomic E-state index is 0.00518. The largest absolute Gasteiger partial charge is 0.507 e. The molecule has 7 rings (SSSR count). The Morgan fingerprint density at radius 1 is 0.877 bits per heavy atom. The van der Waals surface area contributed by atoms with Gasteiger partial charge in [-0.1, -0.05) is 12.1 Å². The Labute approximate surface area is 329 Å². The van der Waals surface area contributed by atoms with E-state index in [2.05, 4.69) is 0 Å². The number of fused-ring (bicyclic) bond motifs is 3. The summed E-state index contributed by atoms with van der Waals surface area (Å²) >= 11 is 0. The third-order valence-electron chi connectivity index (χ3n) is 12.0. The molecule has 2 aliphatic carbocycles. The second-order valence-corrected chi connectivity index (χ2v) is 16.2. The predicted octanol–water partition coefficient (Wildman–Crippen LogP) is 2.77. The number of aromatic hydroxyl groups is 2. The molecule has 2 aromatic carbocycles. The number of esters is 1. The molecule has 0 unspecified atom stereocenters. The van der Waals surface area contributed by atoms with Crippen LogP contribution in [0.4, 0.5) is 0 Å². The number of hydrogen-bond acceptors (Lipinski definition) is 16. The molecule has 3 heterocycles. The van der Waals surface area contributed by atoms with Crippen LogP contribution >= 0.6 is 0 Å². The molecule has 57 heavy (non-hydrogen) atoms. The average Bonchev–Trinajstić information content (AvgIpc) is 3.13. The third kappa shape index (κ3) is 7.51. The highest BCUT2D eigenvalue weighted by atomic mass is 16.7. The van der Waals surface area contributed by atoms with E-state index in [1.54, 1.807) is 20.8 Å². The summed E-state index contributed by atoms with van der Waals surface area (Å²) in [5, 5.41) is 45.4. The number of ketones is 3. The number of aliphatic hydroxyl groups excluding tert-OH is 1. The topological polar surface area (TPSA) is 217 Å². The van der Waals surface area contributed by atoms with Crippen molar-refractivity contribution in [2.45, 2.75) is 139 Å². The lowest BCUT2D eigenvalue weighted by molar-refractivity contribution is -0.324. The van der Waals surface area contributed by atoms with Crippen LogP contribution in [0.5, 0.6) is 11.5 Å². The van der Waals surface area contributed by atoms with Crippen molar-refractivity contribution < 1.29 is 72.8 Å². The van der Waals surface area contributed by atoms with Crippen molar-refractivity contribution >= 4 is 23.3 Å². The summed E-state index contributed by atoms with van der Waals surface area (Å²) in [5.74, 6) is -4.65. The molecule has 0 bridgehead atoms. The molecule has 3 saturated heterocycles. The molecule has 16 nitrogen and oxygen atoms in total. The number of ether oxygens (including phenoxy) is 7. The van der Waals surface area contributed by atoms with Crippen molar-refractivity contribution in [1.29, 1.82) is 0 Å². The van der Waals surface area contributed by atoms with Crippen molar-refractivity contribution in [2.75, 3.05) is 21.2 Å². The third-order valence-corrected chi connectivity index (χ3v) is 12.0. The van der Waals surface area contributed by atoms with Gasteiger partial charge < -0.3 is 58.5 Å². The first kappa shape index (κ1) is 41.3. The van der Waals surface area contributed by atoms with Gasteiger partial charge in [0.2, 0.25) is 5.78 Å². The van der Waals surface area contributed by atoms with E-state index in [0.29, 0.717) is 12.8 Å². The second kappa shape index (κ2) is 15.7. The maximum Gasteiger partial charge on any atom is 0.316 e. The van der Waals surface area contributed by atoms with Crippen LogP contribution < -0.4 is 0 Å². The van der Waals surface area contributed by atoms with Gasteiger partial charge in [-0.05, 0) is 59.5 Å². The Morgan fingerprint density at radius 2 is 1.54 bits per heavy atom. The van der Waals surface area contributed by atoms with Gasteiger partial charge in [-0.25, -0.2) is 0 Å². The number of Topliss-reactive ketones (excluding diaryl/α,β-unsaturated/α-hetero) is 1. The molecule has 13 atom stereocenters. The standard InChI is InChI=1S/C41H51NO15/c1-17-24(43)11-12-28(52-17)56-39-19(3)54-30(15-26(39)45)57-38-18(2)53-29(14-23(38)42(5)6)55-27-16-41(4,50)34(40(49)51-7)21-13-22-33(37(48)32(21)27)36(47)31-20(35(22)46)9-8-10-25(31)44/h8-10,13,17-19,23,26-30,34,38-39,44-45,48,50H,11-12,14-16H2,1-7H3/t17-,18-,19-,23-,26+,27+,28-,29-,30-,34-,38-,39-,41-/m0/s1. The number of likely N-dealkylation sites (N-methyl/N-ethyl adjacent to an activating group) is 1. The molecule has 0 radical (unpaired) electrons. The highest BCUT2D eigenvalue weighted by Gasteiger charge is 2.52. The van der Waals surface area contributed by atoms with Gasteiger partial charge in [-0.2, -0.15) is 0 Å². The summed E-state index contributed by atoms with van der Waals surface area (Å²) in [4.78, 5) is 54.7. The van der Waals surface area contributed by atoms with Gasteiger partial charge in [0.25, 0.3) is 0 Å². The number of nitrogens with zero attached hydrogens (tertiary/aromatic N) is 1. The van der Waals surface area contributed by atoms with Gasteiger partial charge in [-0.15, -0.1) is 0 Å². The van der Waals surface area contributed by atoms with E-state index in [9.17, 15) is 39.6 Å². The zero-order chi connectivity index (χ0) is 41.2. The smallest absolute Gasteiger partial charge is 0.316 e. The number of carbonyl (C=O) groups excluding carboxylic acids is 4.